The molecule has 0 aromatic heterocycles. The van der Waals surface area contributed by atoms with Crippen LogP contribution in [0.5, 0.6) is 5.75 Å². The van der Waals surface area contributed by atoms with Crippen LogP contribution >= 0.6 is 11.6 Å². The van der Waals surface area contributed by atoms with E-state index in [2.05, 4.69) is 10.6 Å². The zero-order valence-corrected chi connectivity index (χ0v) is 13.6. The topological polar surface area (TPSA) is 50.4 Å². The van der Waals surface area contributed by atoms with Crippen molar-refractivity contribution < 1.29 is 9.53 Å². The Morgan fingerprint density at radius 2 is 1.91 bits per heavy atom. The molecule has 0 atom stereocenters. The van der Waals surface area contributed by atoms with Crippen LogP contribution in [0.4, 0.5) is 11.4 Å². The maximum atomic E-state index is 12.1. The molecule has 2 N–H and O–H groups in total. The summed E-state index contributed by atoms with van der Waals surface area (Å²) < 4.78 is 5.25. The summed E-state index contributed by atoms with van der Waals surface area (Å²) in [5, 5.41) is 6.63. The Bertz CT molecular complexity index is 686. The van der Waals surface area contributed by atoms with E-state index in [4.69, 9.17) is 16.3 Å². The van der Waals surface area contributed by atoms with Crippen molar-refractivity contribution in [2.75, 3.05) is 24.3 Å². The molecule has 0 aliphatic carbocycles. The first-order valence-electron chi connectivity index (χ1n) is 6.94. The van der Waals surface area contributed by atoms with Crippen molar-refractivity contribution >= 4 is 28.9 Å². The molecule has 1 amide bonds. The first-order valence-corrected chi connectivity index (χ1v) is 7.32. The average Bonchev–Trinajstić information content (AvgIpc) is 2.46. The monoisotopic (exact) mass is 318 g/mol. The summed E-state index contributed by atoms with van der Waals surface area (Å²) in [5.41, 5.74) is 3.60. The van der Waals surface area contributed by atoms with Gasteiger partial charge in [0.1, 0.15) is 5.75 Å². The molecule has 0 spiro atoms. The van der Waals surface area contributed by atoms with Crippen molar-refractivity contribution in [1.29, 1.82) is 0 Å². The fraction of sp³-hybridized carbons (Fsp3) is 0.235. The van der Waals surface area contributed by atoms with Crippen molar-refractivity contribution in [3.8, 4) is 5.75 Å². The number of benzene rings is 2. The van der Waals surface area contributed by atoms with Gasteiger partial charge in [-0.25, -0.2) is 0 Å². The molecule has 0 aliphatic rings. The van der Waals surface area contributed by atoms with Gasteiger partial charge in [-0.2, -0.15) is 0 Å². The highest BCUT2D eigenvalue weighted by Crippen LogP contribution is 2.25. The highest BCUT2D eigenvalue weighted by atomic mass is 35.5. The van der Waals surface area contributed by atoms with Gasteiger partial charge in [0, 0.05) is 10.7 Å². The van der Waals surface area contributed by atoms with Crippen molar-refractivity contribution in [3.63, 3.8) is 0 Å². The minimum atomic E-state index is -0.141. The maximum Gasteiger partial charge on any atom is 0.243 e. The third-order valence-electron chi connectivity index (χ3n) is 3.26. The van der Waals surface area contributed by atoms with Crippen molar-refractivity contribution in [1.82, 2.24) is 0 Å². The molecular formula is C17H19ClN2O2. The number of halogens is 1. The minimum absolute atomic E-state index is 0.141. The van der Waals surface area contributed by atoms with Crippen molar-refractivity contribution in [2.24, 2.45) is 0 Å². The van der Waals surface area contributed by atoms with Gasteiger partial charge in [0.2, 0.25) is 5.91 Å². The number of hydrogen-bond donors (Lipinski definition) is 2. The molecule has 22 heavy (non-hydrogen) atoms. The second-order valence-corrected chi connectivity index (χ2v) is 5.50. The summed E-state index contributed by atoms with van der Waals surface area (Å²) >= 11 is 5.91. The van der Waals surface area contributed by atoms with Gasteiger partial charge in [-0.15, -0.1) is 0 Å². The Morgan fingerprint density at radius 3 is 2.59 bits per heavy atom. The highest BCUT2D eigenvalue weighted by molar-refractivity contribution is 6.30. The highest BCUT2D eigenvalue weighted by Gasteiger charge is 2.08. The Hall–Kier alpha value is -2.20. The molecule has 0 unspecified atom stereocenters. The Morgan fingerprint density at radius 1 is 1.14 bits per heavy atom. The molecule has 0 aliphatic heterocycles. The van der Waals surface area contributed by atoms with Crippen LogP contribution in [0.1, 0.15) is 11.1 Å². The van der Waals surface area contributed by atoms with Crippen LogP contribution in [0, 0.1) is 13.8 Å². The quantitative estimate of drug-likeness (QED) is 0.875. The summed E-state index contributed by atoms with van der Waals surface area (Å²) in [6, 6.07) is 11.2. The van der Waals surface area contributed by atoms with Gasteiger partial charge in [0.05, 0.1) is 19.3 Å². The fourth-order valence-corrected chi connectivity index (χ4v) is 2.34. The summed E-state index contributed by atoms with van der Waals surface area (Å²) in [7, 11) is 1.58. The number of aryl methyl sites for hydroxylation is 2. The van der Waals surface area contributed by atoms with Crippen LogP contribution in [0.2, 0.25) is 5.02 Å². The number of carbonyl (C=O) groups excluding carboxylic acids is 1. The predicted octanol–water partition coefficient (Wildman–Crippen LogP) is 4.02. The van der Waals surface area contributed by atoms with Crippen LogP contribution in [-0.4, -0.2) is 19.6 Å². The van der Waals surface area contributed by atoms with Crippen LogP contribution in [0.15, 0.2) is 36.4 Å². The SMILES string of the molecule is COc1ccc(C)cc1NC(=O)CNc1ccc(Cl)cc1C. The average molecular weight is 319 g/mol. The predicted molar refractivity (Wildman–Crippen MR) is 91.0 cm³/mol. The lowest BCUT2D eigenvalue weighted by Gasteiger charge is -2.13. The molecule has 0 bridgehead atoms. The van der Waals surface area contributed by atoms with Gasteiger partial charge in [0.15, 0.2) is 0 Å². The molecule has 4 nitrogen and oxygen atoms in total. The van der Waals surface area contributed by atoms with E-state index in [0.717, 1.165) is 16.8 Å². The minimum Gasteiger partial charge on any atom is -0.495 e. The Kier molecular flexibility index (Phi) is 5.28. The molecule has 0 saturated heterocycles. The van der Waals surface area contributed by atoms with E-state index in [1.165, 1.54) is 0 Å². The Balaban J connectivity index is 2.00. The molecule has 2 aromatic carbocycles. The number of amides is 1. The molecule has 0 radical (unpaired) electrons. The first-order chi connectivity index (χ1) is 10.5. The first kappa shape index (κ1) is 16.2. The Labute approximate surface area is 135 Å². The number of anilines is 2. The van der Waals surface area contributed by atoms with Crippen LogP contribution in [0.25, 0.3) is 0 Å². The van der Waals surface area contributed by atoms with E-state index in [-0.39, 0.29) is 12.5 Å². The van der Waals surface area contributed by atoms with E-state index in [1.54, 1.807) is 13.2 Å². The van der Waals surface area contributed by atoms with Gasteiger partial charge < -0.3 is 15.4 Å². The van der Waals surface area contributed by atoms with Gasteiger partial charge in [-0.05, 0) is 55.3 Å². The van der Waals surface area contributed by atoms with Gasteiger partial charge in [-0.1, -0.05) is 17.7 Å². The molecule has 0 heterocycles. The molecule has 116 valence electrons. The van der Waals surface area contributed by atoms with Crippen LogP contribution < -0.4 is 15.4 Å². The van der Waals surface area contributed by atoms with Crippen LogP contribution in [0.3, 0.4) is 0 Å². The standard InChI is InChI=1S/C17H19ClN2O2/c1-11-4-7-16(22-3)15(8-11)20-17(21)10-19-14-6-5-13(18)9-12(14)2/h4-9,19H,10H2,1-3H3,(H,20,21). The normalized spacial score (nSPS) is 10.2. The molecule has 2 aromatic rings. The summed E-state index contributed by atoms with van der Waals surface area (Å²) in [6.07, 6.45) is 0. The zero-order valence-electron chi connectivity index (χ0n) is 12.9. The van der Waals surface area contributed by atoms with Gasteiger partial charge >= 0.3 is 0 Å². The lowest BCUT2D eigenvalue weighted by Crippen LogP contribution is -2.22. The lowest BCUT2D eigenvalue weighted by atomic mass is 10.2. The molecular weight excluding hydrogens is 300 g/mol. The van der Waals surface area contributed by atoms with Crippen molar-refractivity contribution in [3.05, 3.63) is 52.5 Å². The lowest BCUT2D eigenvalue weighted by molar-refractivity contribution is -0.114. The number of hydrogen-bond acceptors (Lipinski definition) is 3. The summed E-state index contributed by atoms with van der Waals surface area (Å²) in [5.74, 6) is 0.500. The molecule has 5 heteroatoms. The fourth-order valence-electron chi connectivity index (χ4n) is 2.11. The maximum absolute atomic E-state index is 12.1. The van der Waals surface area contributed by atoms with Crippen LogP contribution in [-0.2, 0) is 4.79 Å². The van der Waals surface area contributed by atoms with E-state index in [0.29, 0.717) is 16.5 Å². The molecule has 0 saturated carbocycles. The van der Waals surface area contributed by atoms with E-state index in [9.17, 15) is 4.79 Å². The largest absolute Gasteiger partial charge is 0.495 e. The molecule has 2 rings (SSSR count). The van der Waals surface area contributed by atoms with Crippen molar-refractivity contribution in [2.45, 2.75) is 13.8 Å². The van der Waals surface area contributed by atoms with E-state index in [1.807, 2.05) is 44.2 Å². The molecule has 0 fully saturated rings. The number of rotatable bonds is 5. The number of nitrogens with one attached hydrogen (secondary N) is 2. The van der Waals surface area contributed by atoms with E-state index >= 15 is 0 Å². The third kappa shape index (κ3) is 4.15. The number of carbonyl (C=O) groups is 1. The summed E-state index contributed by atoms with van der Waals surface area (Å²) in [4.78, 5) is 12.1. The van der Waals surface area contributed by atoms with Gasteiger partial charge in [-0.3, -0.25) is 4.79 Å². The smallest absolute Gasteiger partial charge is 0.243 e. The second kappa shape index (κ2) is 7.18. The summed E-state index contributed by atoms with van der Waals surface area (Å²) in [6.45, 7) is 4.07. The number of ether oxygens (including phenoxy) is 1. The van der Waals surface area contributed by atoms with Gasteiger partial charge in [0.25, 0.3) is 0 Å². The third-order valence-corrected chi connectivity index (χ3v) is 3.49. The van der Waals surface area contributed by atoms with E-state index < -0.39 is 0 Å². The zero-order chi connectivity index (χ0) is 16.1. The number of methoxy groups -OCH3 is 1. The second-order valence-electron chi connectivity index (χ2n) is 5.06.